The molecule has 17 heavy (non-hydrogen) atoms. The lowest BCUT2D eigenvalue weighted by molar-refractivity contribution is 0.0979. The maximum Gasteiger partial charge on any atom is 0.232 e. The van der Waals surface area contributed by atoms with Gasteiger partial charge in [-0.25, -0.2) is 0 Å². The Balaban J connectivity index is 2.29. The van der Waals surface area contributed by atoms with Crippen LogP contribution in [0, 0.1) is 0 Å². The Labute approximate surface area is 101 Å². The lowest BCUT2D eigenvalue weighted by Crippen LogP contribution is -2.44. The van der Waals surface area contributed by atoms with E-state index in [2.05, 4.69) is 21.8 Å². The van der Waals surface area contributed by atoms with Crippen molar-refractivity contribution in [1.29, 1.82) is 0 Å². The van der Waals surface area contributed by atoms with Crippen LogP contribution in [-0.4, -0.2) is 50.0 Å². The molecule has 1 saturated heterocycles. The minimum Gasteiger partial charge on any atom is -0.481 e. The zero-order chi connectivity index (χ0) is 12.3. The highest BCUT2D eigenvalue weighted by atomic mass is 16.5. The number of hydrogen-bond donors (Lipinski definition) is 0. The van der Waals surface area contributed by atoms with E-state index in [-0.39, 0.29) is 6.04 Å². The number of ether oxygens (including phenoxy) is 3. The number of nitrogens with zero attached hydrogens (tertiary/aromatic N) is 3. The molecule has 1 aromatic rings. The Morgan fingerprint density at radius 3 is 2.47 bits per heavy atom. The molecule has 0 bridgehead atoms. The SMILES string of the molecule is COc1cc(OC)nc(N2CCOCC2C)n1. The smallest absolute Gasteiger partial charge is 0.232 e. The van der Waals surface area contributed by atoms with Crippen LogP contribution in [0.5, 0.6) is 11.8 Å². The van der Waals surface area contributed by atoms with Crippen molar-refractivity contribution in [1.82, 2.24) is 9.97 Å². The van der Waals surface area contributed by atoms with E-state index < -0.39 is 0 Å². The van der Waals surface area contributed by atoms with E-state index in [1.165, 1.54) is 0 Å². The van der Waals surface area contributed by atoms with Crippen LogP contribution in [0.3, 0.4) is 0 Å². The maximum absolute atomic E-state index is 5.39. The molecule has 2 heterocycles. The van der Waals surface area contributed by atoms with Gasteiger partial charge in [0, 0.05) is 6.54 Å². The second-order valence-electron chi connectivity index (χ2n) is 3.87. The highest BCUT2D eigenvalue weighted by Gasteiger charge is 2.22. The molecule has 0 spiro atoms. The summed E-state index contributed by atoms with van der Waals surface area (Å²) in [4.78, 5) is 10.8. The summed E-state index contributed by atoms with van der Waals surface area (Å²) in [5.74, 6) is 1.63. The molecule has 1 aliphatic rings. The molecular weight excluding hydrogens is 222 g/mol. The predicted octanol–water partition coefficient (Wildman–Crippen LogP) is 0.719. The van der Waals surface area contributed by atoms with Gasteiger partial charge >= 0.3 is 0 Å². The molecular formula is C11H17N3O3. The zero-order valence-corrected chi connectivity index (χ0v) is 10.3. The largest absolute Gasteiger partial charge is 0.481 e. The van der Waals surface area contributed by atoms with E-state index in [9.17, 15) is 0 Å². The van der Waals surface area contributed by atoms with Gasteiger partial charge in [0.05, 0.1) is 39.5 Å². The van der Waals surface area contributed by atoms with Gasteiger partial charge in [0.15, 0.2) is 0 Å². The van der Waals surface area contributed by atoms with Crippen LogP contribution in [0.15, 0.2) is 6.07 Å². The van der Waals surface area contributed by atoms with Crippen molar-refractivity contribution < 1.29 is 14.2 Å². The number of hydrogen-bond acceptors (Lipinski definition) is 6. The van der Waals surface area contributed by atoms with Crippen LogP contribution in [0.25, 0.3) is 0 Å². The van der Waals surface area contributed by atoms with Crippen LogP contribution in [-0.2, 0) is 4.74 Å². The van der Waals surface area contributed by atoms with Crippen molar-refractivity contribution >= 4 is 5.95 Å². The summed E-state index contributed by atoms with van der Waals surface area (Å²) in [6.07, 6.45) is 0. The first kappa shape index (κ1) is 11.9. The molecule has 0 amide bonds. The van der Waals surface area contributed by atoms with Gasteiger partial charge in [0.2, 0.25) is 17.7 Å². The zero-order valence-electron chi connectivity index (χ0n) is 10.3. The van der Waals surface area contributed by atoms with Gasteiger partial charge in [0.1, 0.15) is 0 Å². The van der Waals surface area contributed by atoms with E-state index in [1.807, 2.05) is 0 Å². The number of aromatic nitrogens is 2. The van der Waals surface area contributed by atoms with Gasteiger partial charge in [-0.05, 0) is 6.92 Å². The van der Waals surface area contributed by atoms with Gasteiger partial charge in [-0.3, -0.25) is 0 Å². The third-order valence-electron chi connectivity index (χ3n) is 2.71. The molecule has 0 saturated carbocycles. The molecule has 0 aliphatic carbocycles. The van der Waals surface area contributed by atoms with E-state index in [0.717, 1.165) is 6.54 Å². The first-order valence-electron chi connectivity index (χ1n) is 5.56. The molecule has 0 N–H and O–H groups in total. The topological polar surface area (TPSA) is 56.7 Å². The van der Waals surface area contributed by atoms with Crippen LogP contribution >= 0.6 is 0 Å². The monoisotopic (exact) mass is 239 g/mol. The average Bonchev–Trinajstić information content (AvgIpc) is 2.38. The lowest BCUT2D eigenvalue weighted by atomic mass is 10.3. The van der Waals surface area contributed by atoms with E-state index in [0.29, 0.717) is 30.9 Å². The molecule has 1 unspecified atom stereocenters. The van der Waals surface area contributed by atoms with Gasteiger partial charge < -0.3 is 19.1 Å². The number of rotatable bonds is 3. The molecule has 0 radical (unpaired) electrons. The Hall–Kier alpha value is -1.56. The standard InChI is InChI=1S/C11H17N3O3/c1-8-7-17-5-4-14(8)11-12-9(15-2)6-10(13-11)16-3/h6,8H,4-5,7H2,1-3H3. The normalized spacial score (nSPS) is 20.2. The Bertz CT molecular complexity index is 364. The highest BCUT2D eigenvalue weighted by molar-refractivity contribution is 5.38. The van der Waals surface area contributed by atoms with E-state index >= 15 is 0 Å². The minimum atomic E-state index is 0.251. The Morgan fingerprint density at radius 2 is 1.94 bits per heavy atom. The van der Waals surface area contributed by atoms with Crippen LogP contribution in [0.4, 0.5) is 5.95 Å². The maximum atomic E-state index is 5.39. The summed E-state index contributed by atoms with van der Waals surface area (Å²) in [7, 11) is 3.16. The summed E-state index contributed by atoms with van der Waals surface area (Å²) in [5, 5.41) is 0. The number of anilines is 1. The molecule has 1 aliphatic heterocycles. The van der Waals surface area contributed by atoms with Crippen molar-refractivity contribution in [3.8, 4) is 11.8 Å². The molecule has 0 aromatic carbocycles. The molecule has 1 fully saturated rings. The fraction of sp³-hybridized carbons (Fsp3) is 0.636. The van der Waals surface area contributed by atoms with Crippen molar-refractivity contribution in [2.75, 3.05) is 38.9 Å². The van der Waals surface area contributed by atoms with Crippen LogP contribution < -0.4 is 14.4 Å². The fourth-order valence-electron chi connectivity index (χ4n) is 1.75. The van der Waals surface area contributed by atoms with Crippen LogP contribution in [0.2, 0.25) is 0 Å². The Morgan fingerprint density at radius 1 is 1.29 bits per heavy atom. The van der Waals surface area contributed by atoms with E-state index in [1.54, 1.807) is 20.3 Å². The lowest BCUT2D eigenvalue weighted by Gasteiger charge is -2.33. The van der Waals surface area contributed by atoms with Gasteiger partial charge in [-0.15, -0.1) is 0 Å². The van der Waals surface area contributed by atoms with Gasteiger partial charge in [-0.1, -0.05) is 0 Å². The summed E-state index contributed by atoms with van der Waals surface area (Å²) >= 11 is 0. The van der Waals surface area contributed by atoms with E-state index in [4.69, 9.17) is 14.2 Å². The third-order valence-corrected chi connectivity index (χ3v) is 2.71. The van der Waals surface area contributed by atoms with Crippen LogP contribution in [0.1, 0.15) is 6.92 Å². The minimum absolute atomic E-state index is 0.251. The van der Waals surface area contributed by atoms with Gasteiger partial charge in [-0.2, -0.15) is 9.97 Å². The third kappa shape index (κ3) is 2.58. The summed E-state index contributed by atoms with van der Waals surface area (Å²) in [5.41, 5.74) is 0. The molecule has 6 nitrogen and oxygen atoms in total. The number of morpholine rings is 1. The fourth-order valence-corrected chi connectivity index (χ4v) is 1.75. The molecule has 2 rings (SSSR count). The van der Waals surface area contributed by atoms with Crippen molar-refractivity contribution in [3.05, 3.63) is 6.07 Å². The Kier molecular flexibility index (Phi) is 3.63. The summed E-state index contributed by atoms with van der Waals surface area (Å²) in [6.45, 7) is 4.22. The highest BCUT2D eigenvalue weighted by Crippen LogP contribution is 2.22. The van der Waals surface area contributed by atoms with Crippen molar-refractivity contribution in [2.45, 2.75) is 13.0 Å². The van der Waals surface area contributed by atoms with Crippen molar-refractivity contribution in [3.63, 3.8) is 0 Å². The van der Waals surface area contributed by atoms with Gasteiger partial charge in [0.25, 0.3) is 0 Å². The first-order valence-corrected chi connectivity index (χ1v) is 5.56. The summed E-state index contributed by atoms with van der Waals surface area (Å²) < 4.78 is 15.7. The second-order valence-corrected chi connectivity index (χ2v) is 3.87. The number of methoxy groups -OCH3 is 2. The molecule has 1 atom stereocenters. The molecule has 6 heteroatoms. The predicted molar refractivity (Wildman–Crippen MR) is 62.8 cm³/mol. The molecule has 1 aromatic heterocycles. The quantitative estimate of drug-likeness (QED) is 0.774. The van der Waals surface area contributed by atoms with Crippen molar-refractivity contribution in [2.24, 2.45) is 0 Å². The first-order chi connectivity index (χ1) is 8.24. The second kappa shape index (κ2) is 5.18. The molecule has 94 valence electrons. The average molecular weight is 239 g/mol. The summed E-state index contributed by atoms with van der Waals surface area (Å²) in [6, 6.07) is 1.91.